The van der Waals surface area contributed by atoms with Gasteiger partial charge in [0.05, 0.1) is 5.52 Å². The standard InChI is InChI=1S/C20H33N3O/c1-2-3-4-10-16-24-17-11-8-6-5-7-9-14-19-22-18-13-12-15-21-20(18)23-19/h12-13,15H,2-11,14,16-17H2,1H3,(H,21,22,23). The van der Waals surface area contributed by atoms with Crippen molar-refractivity contribution < 1.29 is 4.74 Å². The Morgan fingerprint density at radius 2 is 1.62 bits per heavy atom. The second-order valence-corrected chi connectivity index (χ2v) is 6.60. The maximum absolute atomic E-state index is 5.68. The monoisotopic (exact) mass is 331 g/mol. The third kappa shape index (κ3) is 7.43. The lowest BCUT2D eigenvalue weighted by atomic mass is 10.1. The van der Waals surface area contributed by atoms with Gasteiger partial charge in [0.1, 0.15) is 5.82 Å². The number of aromatic nitrogens is 3. The van der Waals surface area contributed by atoms with E-state index in [9.17, 15) is 0 Å². The summed E-state index contributed by atoms with van der Waals surface area (Å²) in [6, 6.07) is 3.98. The largest absolute Gasteiger partial charge is 0.381 e. The predicted molar refractivity (Wildman–Crippen MR) is 100 cm³/mol. The van der Waals surface area contributed by atoms with Crippen molar-refractivity contribution in [2.45, 2.75) is 77.6 Å². The van der Waals surface area contributed by atoms with Crippen molar-refractivity contribution in [2.75, 3.05) is 13.2 Å². The molecule has 0 unspecified atom stereocenters. The van der Waals surface area contributed by atoms with Gasteiger partial charge in [-0.15, -0.1) is 0 Å². The molecule has 0 spiro atoms. The minimum Gasteiger partial charge on any atom is -0.381 e. The molecule has 2 heterocycles. The van der Waals surface area contributed by atoms with Gasteiger partial charge in [-0.05, 0) is 31.4 Å². The number of hydrogen-bond donors (Lipinski definition) is 1. The van der Waals surface area contributed by atoms with Crippen molar-refractivity contribution in [1.29, 1.82) is 0 Å². The second-order valence-electron chi connectivity index (χ2n) is 6.60. The van der Waals surface area contributed by atoms with E-state index >= 15 is 0 Å². The molecule has 1 N–H and O–H groups in total. The number of fused-ring (bicyclic) bond motifs is 1. The van der Waals surface area contributed by atoms with Crippen LogP contribution in [0.2, 0.25) is 0 Å². The number of nitrogens with zero attached hydrogens (tertiary/aromatic N) is 2. The molecule has 0 bridgehead atoms. The summed E-state index contributed by atoms with van der Waals surface area (Å²) < 4.78 is 5.68. The van der Waals surface area contributed by atoms with Gasteiger partial charge in [0.25, 0.3) is 0 Å². The van der Waals surface area contributed by atoms with Crippen molar-refractivity contribution >= 4 is 11.2 Å². The molecule has 0 amide bonds. The normalized spacial score (nSPS) is 11.4. The number of aryl methyl sites for hydroxylation is 1. The number of unbranched alkanes of at least 4 members (excludes halogenated alkanes) is 8. The third-order valence-electron chi connectivity index (χ3n) is 4.40. The van der Waals surface area contributed by atoms with Crippen LogP contribution in [0.3, 0.4) is 0 Å². The molecule has 0 aliphatic heterocycles. The summed E-state index contributed by atoms with van der Waals surface area (Å²) in [5.41, 5.74) is 1.88. The highest BCUT2D eigenvalue weighted by Crippen LogP contribution is 2.12. The summed E-state index contributed by atoms with van der Waals surface area (Å²) in [7, 11) is 0. The number of hydrogen-bond acceptors (Lipinski definition) is 3. The zero-order chi connectivity index (χ0) is 16.9. The molecule has 0 fully saturated rings. The van der Waals surface area contributed by atoms with E-state index in [2.05, 4.69) is 21.9 Å². The van der Waals surface area contributed by atoms with Crippen LogP contribution < -0.4 is 0 Å². The Hall–Kier alpha value is -1.42. The Kier molecular flexibility index (Phi) is 9.47. The van der Waals surface area contributed by atoms with Gasteiger partial charge in [-0.3, -0.25) is 0 Å². The molecule has 2 rings (SSSR count). The molecule has 2 aromatic rings. The van der Waals surface area contributed by atoms with Crippen molar-refractivity contribution in [3.05, 3.63) is 24.2 Å². The molecule has 4 heteroatoms. The zero-order valence-electron chi connectivity index (χ0n) is 15.2. The quantitative estimate of drug-likeness (QED) is 0.469. The summed E-state index contributed by atoms with van der Waals surface area (Å²) in [6.07, 6.45) is 15.6. The van der Waals surface area contributed by atoms with E-state index in [0.29, 0.717) is 0 Å². The van der Waals surface area contributed by atoms with Gasteiger partial charge >= 0.3 is 0 Å². The van der Waals surface area contributed by atoms with Crippen molar-refractivity contribution in [3.8, 4) is 0 Å². The molecule has 0 aliphatic carbocycles. The smallest absolute Gasteiger partial charge is 0.177 e. The first-order chi connectivity index (χ1) is 11.9. The number of nitrogens with one attached hydrogen (secondary N) is 1. The Labute approximate surface area is 146 Å². The number of imidazole rings is 1. The van der Waals surface area contributed by atoms with Gasteiger partial charge in [0.15, 0.2) is 5.65 Å². The average Bonchev–Trinajstić information content (AvgIpc) is 3.02. The molecule has 0 radical (unpaired) electrons. The summed E-state index contributed by atoms with van der Waals surface area (Å²) in [5, 5.41) is 0. The van der Waals surface area contributed by atoms with Gasteiger partial charge in [0.2, 0.25) is 0 Å². The topological polar surface area (TPSA) is 50.8 Å². The molecule has 24 heavy (non-hydrogen) atoms. The Morgan fingerprint density at radius 3 is 2.38 bits per heavy atom. The minimum atomic E-state index is 0.835. The number of rotatable bonds is 14. The maximum Gasteiger partial charge on any atom is 0.177 e. The fourth-order valence-corrected chi connectivity index (χ4v) is 2.95. The van der Waals surface area contributed by atoms with Gasteiger partial charge in [-0.1, -0.05) is 51.9 Å². The van der Waals surface area contributed by atoms with E-state index in [1.54, 1.807) is 6.20 Å². The van der Waals surface area contributed by atoms with Crippen molar-refractivity contribution in [1.82, 2.24) is 15.0 Å². The molecular formula is C20H33N3O. The Bertz CT molecular complexity index is 520. The van der Waals surface area contributed by atoms with Crippen LogP contribution in [0.5, 0.6) is 0 Å². The lowest BCUT2D eigenvalue weighted by molar-refractivity contribution is 0.125. The Morgan fingerprint density at radius 1 is 0.917 bits per heavy atom. The first kappa shape index (κ1) is 18.9. The van der Waals surface area contributed by atoms with Gasteiger partial charge < -0.3 is 9.72 Å². The van der Waals surface area contributed by atoms with Gasteiger partial charge in [-0.2, -0.15) is 0 Å². The summed E-state index contributed by atoms with van der Waals surface area (Å²) >= 11 is 0. The minimum absolute atomic E-state index is 0.835. The SMILES string of the molecule is CCCCCCOCCCCCCCCc1nc2ncccc2[nH]1. The molecule has 0 atom stereocenters. The van der Waals surface area contributed by atoms with Gasteiger partial charge in [0, 0.05) is 25.8 Å². The van der Waals surface area contributed by atoms with Crippen LogP contribution in [0.1, 0.15) is 77.0 Å². The highest BCUT2D eigenvalue weighted by atomic mass is 16.5. The highest BCUT2D eigenvalue weighted by molar-refractivity contribution is 5.69. The predicted octanol–water partition coefficient (Wildman–Crippen LogP) is 5.44. The zero-order valence-corrected chi connectivity index (χ0v) is 15.2. The second kappa shape index (κ2) is 12.0. The highest BCUT2D eigenvalue weighted by Gasteiger charge is 2.02. The molecular weight excluding hydrogens is 298 g/mol. The molecule has 0 aliphatic rings. The van der Waals surface area contributed by atoms with Crippen LogP contribution in [0.15, 0.2) is 18.3 Å². The third-order valence-corrected chi connectivity index (χ3v) is 4.40. The van der Waals surface area contributed by atoms with E-state index < -0.39 is 0 Å². The molecule has 4 nitrogen and oxygen atoms in total. The van der Waals surface area contributed by atoms with Gasteiger partial charge in [-0.25, -0.2) is 9.97 Å². The summed E-state index contributed by atoms with van der Waals surface area (Å²) in [6.45, 7) is 4.14. The van der Waals surface area contributed by atoms with Crippen molar-refractivity contribution in [3.63, 3.8) is 0 Å². The van der Waals surface area contributed by atoms with Crippen LogP contribution in [0.4, 0.5) is 0 Å². The van der Waals surface area contributed by atoms with E-state index in [0.717, 1.165) is 36.6 Å². The number of pyridine rings is 1. The summed E-state index contributed by atoms with van der Waals surface area (Å²) in [4.78, 5) is 12.1. The van der Waals surface area contributed by atoms with E-state index in [4.69, 9.17) is 4.74 Å². The molecule has 134 valence electrons. The van der Waals surface area contributed by atoms with Crippen LogP contribution in [-0.2, 0) is 11.2 Å². The van der Waals surface area contributed by atoms with Crippen LogP contribution in [0.25, 0.3) is 11.2 Å². The lowest BCUT2D eigenvalue weighted by Gasteiger charge is -2.04. The van der Waals surface area contributed by atoms with E-state index in [1.807, 2.05) is 12.1 Å². The average molecular weight is 332 g/mol. The van der Waals surface area contributed by atoms with E-state index in [-0.39, 0.29) is 0 Å². The van der Waals surface area contributed by atoms with Crippen LogP contribution in [0, 0.1) is 0 Å². The first-order valence-electron chi connectivity index (χ1n) is 9.77. The Balaban J connectivity index is 1.39. The summed E-state index contributed by atoms with van der Waals surface area (Å²) in [5.74, 6) is 1.07. The molecule has 0 aromatic carbocycles. The first-order valence-corrected chi connectivity index (χ1v) is 9.77. The molecule has 0 saturated carbocycles. The van der Waals surface area contributed by atoms with E-state index in [1.165, 1.54) is 64.2 Å². The number of ether oxygens (including phenoxy) is 1. The lowest BCUT2D eigenvalue weighted by Crippen LogP contribution is -1.97. The maximum atomic E-state index is 5.68. The number of H-pyrrole nitrogens is 1. The van der Waals surface area contributed by atoms with Crippen LogP contribution >= 0.6 is 0 Å². The fraction of sp³-hybridized carbons (Fsp3) is 0.700. The fourth-order valence-electron chi connectivity index (χ4n) is 2.95. The van der Waals surface area contributed by atoms with Crippen LogP contribution in [-0.4, -0.2) is 28.2 Å². The van der Waals surface area contributed by atoms with Crippen molar-refractivity contribution in [2.24, 2.45) is 0 Å². The number of aromatic amines is 1. The molecule has 2 aromatic heterocycles. The molecule has 0 saturated heterocycles.